The van der Waals surface area contributed by atoms with Gasteiger partial charge in [0.25, 0.3) is 0 Å². The van der Waals surface area contributed by atoms with Gasteiger partial charge in [-0.25, -0.2) is 0 Å². The Bertz CT molecular complexity index is 169. The van der Waals surface area contributed by atoms with Crippen molar-refractivity contribution in [1.29, 1.82) is 0 Å². The van der Waals surface area contributed by atoms with Gasteiger partial charge < -0.3 is 10.6 Å². The molecule has 0 rings (SSSR count). The molecule has 0 saturated carbocycles. The Kier molecular flexibility index (Phi) is 6.96. The van der Waals surface area contributed by atoms with Crippen LogP contribution in [0.5, 0.6) is 0 Å². The van der Waals surface area contributed by atoms with Crippen molar-refractivity contribution in [2.45, 2.75) is 33.1 Å². The van der Waals surface area contributed by atoms with Gasteiger partial charge in [-0.3, -0.25) is 9.59 Å². The monoisotopic (exact) mass is 186 g/mol. The molecule has 0 bridgehead atoms. The fourth-order valence-corrected chi connectivity index (χ4v) is 0.961. The van der Waals surface area contributed by atoms with E-state index < -0.39 is 0 Å². The molecule has 0 unspecified atom stereocenters. The molecule has 0 aliphatic heterocycles. The van der Waals surface area contributed by atoms with E-state index in [0.29, 0.717) is 19.5 Å². The molecule has 4 heteroatoms. The Balaban J connectivity index is 3.16. The van der Waals surface area contributed by atoms with Gasteiger partial charge in [0, 0.05) is 26.4 Å². The summed E-state index contributed by atoms with van der Waals surface area (Å²) in [6, 6.07) is 0. The lowest BCUT2D eigenvalue weighted by molar-refractivity contribution is -0.121. The van der Waals surface area contributed by atoms with E-state index in [9.17, 15) is 9.59 Å². The van der Waals surface area contributed by atoms with Crippen LogP contribution in [0.4, 0.5) is 0 Å². The second-order valence-corrected chi connectivity index (χ2v) is 2.89. The number of amides is 2. The van der Waals surface area contributed by atoms with Crippen LogP contribution < -0.4 is 10.6 Å². The maximum absolute atomic E-state index is 10.9. The van der Waals surface area contributed by atoms with Crippen molar-refractivity contribution < 1.29 is 9.59 Å². The number of nitrogens with one attached hydrogen (secondary N) is 2. The van der Waals surface area contributed by atoms with Gasteiger partial charge >= 0.3 is 0 Å². The van der Waals surface area contributed by atoms with Crippen LogP contribution in [-0.4, -0.2) is 24.9 Å². The summed E-state index contributed by atoms with van der Waals surface area (Å²) >= 11 is 0. The van der Waals surface area contributed by atoms with E-state index in [2.05, 4.69) is 10.6 Å². The molecule has 0 aliphatic rings. The average Bonchev–Trinajstić information content (AvgIpc) is 2.03. The van der Waals surface area contributed by atoms with Crippen LogP contribution in [0.3, 0.4) is 0 Å². The molecule has 2 amide bonds. The summed E-state index contributed by atoms with van der Waals surface area (Å²) in [7, 11) is 0. The first-order chi connectivity index (χ1) is 6.16. The molecular formula is C9H18N2O2. The van der Waals surface area contributed by atoms with E-state index >= 15 is 0 Å². The van der Waals surface area contributed by atoms with Gasteiger partial charge in [0.2, 0.25) is 11.8 Å². The van der Waals surface area contributed by atoms with Gasteiger partial charge in [-0.15, -0.1) is 0 Å². The normalized spacial score (nSPS) is 9.38. The highest BCUT2D eigenvalue weighted by Crippen LogP contribution is 1.93. The summed E-state index contributed by atoms with van der Waals surface area (Å²) in [6.45, 7) is 4.73. The maximum Gasteiger partial charge on any atom is 0.219 e. The summed E-state index contributed by atoms with van der Waals surface area (Å²) in [5.41, 5.74) is 0. The third-order valence-electron chi connectivity index (χ3n) is 1.58. The van der Waals surface area contributed by atoms with Crippen LogP contribution in [0.25, 0.3) is 0 Å². The van der Waals surface area contributed by atoms with Crippen LogP contribution in [0.2, 0.25) is 0 Å². The van der Waals surface area contributed by atoms with Crippen LogP contribution in [-0.2, 0) is 9.59 Å². The van der Waals surface area contributed by atoms with Crippen molar-refractivity contribution in [3.8, 4) is 0 Å². The molecule has 0 spiro atoms. The molecule has 2 N–H and O–H groups in total. The molecule has 0 fully saturated rings. The number of hydrogen-bond acceptors (Lipinski definition) is 2. The largest absolute Gasteiger partial charge is 0.356 e. The highest BCUT2D eigenvalue weighted by Gasteiger charge is 1.98. The van der Waals surface area contributed by atoms with Crippen LogP contribution >= 0.6 is 0 Å². The van der Waals surface area contributed by atoms with Gasteiger partial charge in [-0.1, -0.05) is 0 Å². The van der Waals surface area contributed by atoms with Crippen molar-refractivity contribution in [3.05, 3.63) is 0 Å². The van der Waals surface area contributed by atoms with Gasteiger partial charge in [-0.2, -0.15) is 0 Å². The van der Waals surface area contributed by atoms with E-state index in [1.165, 1.54) is 6.92 Å². The highest BCUT2D eigenvalue weighted by atomic mass is 16.2. The zero-order valence-electron chi connectivity index (χ0n) is 8.35. The molecule has 0 aromatic rings. The van der Waals surface area contributed by atoms with Crippen LogP contribution in [0, 0.1) is 0 Å². The molecular weight excluding hydrogens is 168 g/mol. The Labute approximate surface area is 79.1 Å². The quantitative estimate of drug-likeness (QED) is 0.591. The fraction of sp³-hybridized carbons (Fsp3) is 0.778. The third-order valence-corrected chi connectivity index (χ3v) is 1.58. The average molecular weight is 186 g/mol. The molecule has 0 radical (unpaired) electrons. The molecule has 0 heterocycles. The Morgan fingerprint density at radius 1 is 1.15 bits per heavy atom. The van der Waals surface area contributed by atoms with Crippen molar-refractivity contribution >= 4 is 11.8 Å². The molecule has 0 aromatic carbocycles. The first-order valence-corrected chi connectivity index (χ1v) is 4.68. The summed E-state index contributed by atoms with van der Waals surface area (Å²) < 4.78 is 0. The minimum atomic E-state index is -0.0157. The first-order valence-electron chi connectivity index (χ1n) is 4.68. The third kappa shape index (κ3) is 8.85. The van der Waals surface area contributed by atoms with E-state index in [4.69, 9.17) is 0 Å². The number of carbonyl (C=O) groups excluding carboxylic acids is 2. The van der Waals surface area contributed by atoms with Gasteiger partial charge in [0.05, 0.1) is 0 Å². The lowest BCUT2D eigenvalue weighted by Gasteiger charge is -2.02. The smallest absolute Gasteiger partial charge is 0.219 e. The number of carbonyl (C=O) groups is 2. The number of hydrogen-bond donors (Lipinski definition) is 2. The predicted molar refractivity (Wildman–Crippen MR) is 51.2 cm³/mol. The number of unbranched alkanes of at least 4 members (excludes halogenated alkanes) is 1. The lowest BCUT2D eigenvalue weighted by Crippen LogP contribution is -2.23. The SMILES string of the molecule is CCNC(=O)CCCCNC(C)=O. The molecule has 0 aromatic heterocycles. The van der Waals surface area contributed by atoms with Gasteiger partial charge in [0.15, 0.2) is 0 Å². The van der Waals surface area contributed by atoms with E-state index in [0.717, 1.165) is 12.8 Å². The molecule has 0 aliphatic carbocycles. The summed E-state index contributed by atoms with van der Waals surface area (Å²) in [5.74, 6) is 0.0725. The number of rotatable bonds is 6. The maximum atomic E-state index is 10.9. The van der Waals surface area contributed by atoms with E-state index in [1.807, 2.05) is 6.92 Å². The minimum Gasteiger partial charge on any atom is -0.356 e. The second-order valence-electron chi connectivity index (χ2n) is 2.89. The Morgan fingerprint density at radius 3 is 2.38 bits per heavy atom. The zero-order chi connectivity index (χ0) is 10.1. The Hall–Kier alpha value is -1.06. The van der Waals surface area contributed by atoms with Gasteiger partial charge in [-0.05, 0) is 19.8 Å². The molecule has 76 valence electrons. The van der Waals surface area contributed by atoms with E-state index in [-0.39, 0.29) is 11.8 Å². The van der Waals surface area contributed by atoms with Crippen molar-refractivity contribution in [2.75, 3.05) is 13.1 Å². The highest BCUT2D eigenvalue weighted by molar-refractivity contribution is 5.75. The summed E-state index contributed by atoms with van der Waals surface area (Å²) in [4.78, 5) is 21.4. The predicted octanol–water partition coefficient (Wildman–Crippen LogP) is 0.429. The van der Waals surface area contributed by atoms with Crippen LogP contribution in [0.1, 0.15) is 33.1 Å². The topological polar surface area (TPSA) is 58.2 Å². The summed E-state index contributed by atoms with van der Waals surface area (Å²) in [6.07, 6.45) is 2.23. The Morgan fingerprint density at radius 2 is 1.85 bits per heavy atom. The van der Waals surface area contributed by atoms with Gasteiger partial charge in [0.1, 0.15) is 0 Å². The minimum absolute atomic E-state index is 0.0157. The lowest BCUT2D eigenvalue weighted by atomic mass is 10.2. The van der Waals surface area contributed by atoms with Crippen molar-refractivity contribution in [3.63, 3.8) is 0 Å². The fourth-order valence-electron chi connectivity index (χ4n) is 0.961. The second kappa shape index (κ2) is 7.58. The van der Waals surface area contributed by atoms with E-state index in [1.54, 1.807) is 0 Å². The molecule has 0 atom stereocenters. The van der Waals surface area contributed by atoms with Crippen LogP contribution in [0.15, 0.2) is 0 Å². The zero-order valence-corrected chi connectivity index (χ0v) is 8.35. The molecule has 13 heavy (non-hydrogen) atoms. The van der Waals surface area contributed by atoms with Crippen molar-refractivity contribution in [1.82, 2.24) is 10.6 Å². The summed E-state index contributed by atoms with van der Waals surface area (Å²) in [5, 5.41) is 5.40. The molecule has 0 saturated heterocycles. The first kappa shape index (κ1) is 11.9. The molecule has 4 nitrogen and oxygen atoms in total. The van der Waals surface area contributed by atoms with Crippen molar-refractivity contribution in [2.24, 2.45) is 0 Å². The standard InChI is InChI=1S/C9H18N2O2/c1-3-10-9(13)6-4-5-7-11-8(2)12/h3-7H2,1-2H3,(H,10,13)(H,11,12).